The van der Waals surface area contributed by atoms with Crippen molar-refractivity contribution >= 4 is 38.6 Å². The van der Waals surface area contributed by atoms with Gasteiger partial charge in [-0.05, 0) is 59.2 Å². The first kappa shape index (κ1) is 20.2. The molecule has 4 nitrogen and oxygen atoms in total. The molecule has 1 heterocycles. The lowest BCUT2D eigenvalue weighted by atomic mass is 10.0. The van der Waals surface area contributed by atoms with Crippen molar-refractivity contribution < 1.29 is 9.21 Å². The highest BCUT2D eigenvalue weighted by atomic mass is 79.9. The number of carbonyl (C=O) groups excluding carboxylic acids is 1. The van der Waals surface area contributed by atoms with Crippen molar-refractivity contribution in [1.82, 2.24) is 4.98 Å². The molecular formula is C27H19BrN2O2. The third-order valence-electron chi connectivity index (χ3n) is 5.19. The van der Waals surface area contributed by atoms with Crippen LogP contribution in [0.3, 0.4) is 0 Å². The number of benzene rings is 4. The van der Waals surface area contributed by atoms with Crippen LogP contribution in [0.15, 0.2) is 106 Å². The van der Waals surface area contributed by atoms with Crippen LogP contribution in [0, 0.1) is 0 Å². The standard InChI is InChI=1S/C27H19BrN2O2/c28-22-12-6-18(7-13-22)16-26(31)29-23-14-15-25-24(17-23)30-27(32-25)21-10-8-20(9-11-21)19-4-2-1-3-5-19/h1-15,17H,16H2,(H,29,31). The SMILES string of the molecule is O=C(Cc1ccc(Br)cc1)Nc1ccc2oc(-c3ccc(-c4ccccc4)cc3)nc2c1. The number of carbonyl (C=O) groups is 1. The maximum atomic E-state index is 12.4. The lowest BCUT2D eigenvalue weighted by Gasteiger charge is -2.05. The lowest BCUT2D eigenvalue weighted by molar-refractivity contribution is -0.115. The van der Waals surface area contributed by atoms with Crippen LogP contribution in [0.4, 0.5) is 5.69 Å². The van der Waals surface area contributed by atoms with Gasteiger partial charge in [-0.15, -0.1) is 0 Å². The molecule has 5 heteroatoms. The smallest absolute Gasteiger partial charge is 0.228 e. The van der Waals surface area contributed by atoms with Crippen LogP contribution in [-0.4, -0.2) is 10.9 Å². The molecule has 4 aromatic carbocycles. The van der Waals surface area contributed by atoms with Crippen molar-refractivity contribution in [3.63, 3.8) is 0 Å². The van der Waals surface area contributed by atoms with Gasteiger partial charge in [0, 0.05) is 15.7 Å². The fraction of sp³-hybridized carbons (Fsp3) is 0.0370. The Morgan fingerprint density at radius 2 is 1.50 bits per heavy atom. The van der Waals surface area contributed by atoms with Gasteiger partial charge in [0.25, 0.3) is 0 Å². The van der Waals surface area contributed by atoms with Crippen molar-refractivity contribution in [1.29, 1.82) is 0 Å². The lowest BCUT2D eigenvalue weighted by Crippen LogP contribution is -2.14. The molecule has 0 aliphatic rings. The van der Waals surface area contributed by atoms with Gasteiger partial charge < -0.3 is 9.73 Å². The fourth-order valence-electron chi connectivity index (χ4n) is 3.56. The second-order valence-electron chi connectivity index (χ2n) is 7.50. The van der Waals surface area contributed by atoms with E-state index in [9.17, 15) is 4.79 Å². The Bertz CT molecular complexity index is 1380. The second kappa shape index (κ2) is 8.81. The quantitative estimate of drug-likeness (QED) is 0.290. The largest absolute Gasteiger partial charge is 0.436 e. The summed E-state index contributed by atoms with van der Waals surface area (Å²) in [5, 5.41) is 2.94. The van der Waals surface area contributed by atoms with Crippen LogP contribution in [0.5, 0.6) is 0 Å². The molecule has 1 N–H and O–H groups in total. The molecule has 0 radical (unpaired) electrons. The highest BCUT2D eigenvalue weighted by molar-refractivity contribution is 9.10. The predicted molar refractivity (Wildman–Crippen MR) is 131 cm³/mol. The van der Waals surface area contributed by atoms with E-state index in [-0.39, 0.29) is 5.91 Å². The second-order valence-corrected chi connectivity index (χ2v) is 8.41. The highest BCUT2D eigenvalue weighted by Crippen LogP contribution is 2.28. The molecule has 0 saturated carbocycles. The van der Waals surface area contributed by atoms with Gasteiger partial charge in [0.1, 0.15) is 5.52 Å². The monoisotopic (exact) mass is 482 g/mol. The normalized spacial score (nSPS) is 10.9. The zero-order valence-corrected chi connectivity index (χ0v) is 18.7. The zero-order valence-electron chi connectivity index (χ0n) is 17.1. The van der Waals surface area contributed by atoms with E-state index in [0.29, 0.717) is 29.1 Å². The Hall–Kier alpha value is -3.70. The van der Waals surface area contributed by atoms with Crippen molar-refractivity contribution in [3.8, 4) is 22.6 Å². The average Bonchev–Trinajstić information content (AvgIpc) is 3.25. The van der Waals surface area contributed by atoms with Crippen molar-refractivity contribution in [3.05, 3.63) is 107 Å². The summed E-state index contributed by atoms with van der Waals surface area (Å²) in [5.41, 5.74) is 6.24. The molecule has 1 amide bonds. The van der Waals surface area contributed by atoms with Crippen molar-refractivity contribution in [2.45, 2.75) is 6.42 Å². The number of hydrogen-bond acceptors (Lipinski definition) is 3. The Balaban J connectivity index is 1.32. The molecule has 0 aliphatic carbocycles. The first-order valence-electron chi connectivity index (χ1n) is 10.2. The van der Waals surface area contributed by atoms with E-state index in [1.807, 2.05) is 72.8 Å². The van der Waals surface area contributed by atoms with Gasteiger partial charge in [0.15, 0.2) is 5.58 Å². The van der Waals surface area contributed by atoms with Crippen LogP contribution < -0.4 is 5.32 Å². The summed E-state index contributed by atoms with van der Waals surface area (Å²) >= 11 is 3.40. The van der Waals surface area contributed by atoms with Crippen LogP contribution in [-0.2, 0) is 11.2 Å². The van der Waals surface area contributed by atoms with Gasteiger partial charge in [-0.3, -0.25) is 4.79 Å². The number of rotatable bonds is 5. The van der Waals surface area contributed by atoms with E-state index in [1.54, 1.807) is 0 Å². The van der Waals surface area contributed by atoms with Gasteiger partial charge in [-0.1, -0.05) is 70.5 Å². The number of hydrogen-bond donors (Lipinski definition) is 1. The van der Waals surface area contributed by atoms with Gasteiger partial charge in [-0.25, -0.2) is 4.98 Å². The summed E-state index contributed by atoms with van der Waals surface area (Å²) in [6.07, 6.45) is 0.309. The molecule has 0 fully saturated rings. The summed E-state index contributed by atoms with van der Waals surface area (Å²) in [7, 11) is 0. The minimum Gasteiger partial charge on any atom is -0.436 e. The first-order valence-corrected chi connectivity index (χ1v) is 11.0. The molecule has 0 atom stereocenters. The summed E-state index contributed by atoms with van der Waals surface area (Å²) in [4.78, 5) is 17.0. The topological polar surface area (TPSA) is 55.1 Å². The third kappa shape index (κ3) is 4.48. The number of fused-ring (bicyclic) bond motifs is 1. The van der Waals surface area contributed by atoms with Crippen molar-refractivity contribution in [2.75, 3.05) is 5.32 Å². The molecule has 156 valence electrons. The molecule has 5 aromatic rings. The highest BCUT2D eigenvalue weighted by Gasteiger charge is 2.11. The third-order valence-corrected chi connectivity index (χ3v) is 5.72. The number of nitrogens with one attached hydrogen (secondary N) is 1. The first-order chi connectivity index (χ1) is 15.6. The number of aromatic nitrogens is 1. The van der Waals surface area contributed by atoms with E-state index in [2.05, 4.69) is 50.5 Å². The minimum atomic E-state index is -0.0770. The molecule has 0 unspecified atom stereocenters. The predicted octanol–water partition coefficient (Wildman–Crippen LogP) is 7.11. The summed E-state index contributed by atoms with van der Waals surface area (Å²) < 4.78 is 6.93. The maximum absolute atomic E-state index is 12.4. The van der Waals surface area contributed by atoms with Crippen LogP contribution in [0.1, 0.15) is 5.56 Å². The Labute approximate surface area is 194 Å². The van der Waals surface area contributed by atoms with E-state index in [0.717, 1.165) is 21.2 Å². The molecule has 0 bridgehead atoms. The molecular weight excluding hydrogens is 464 g/mol. The number of anilines is 1. The van der Waals surface area contributed by atoms with Crippen LogP contribution >= 0.6 is 15.9 Å². The van der Waals surface area contributed by atoms with Gasteiger partial charge >= 0.3 is 0 Å². The van der Waals surface area contributed by atoms with Crippen LogP contribution in [0.25, 0.3) is 33.7 Å². The Kier molecular flexibility index (Phi) is 5.57. The average molecular weight is 483 g/mol. The number of amides is 1. The van der Waals surface area contributed by atoms with Crippen molar-refractivity contribution in [2.24, 2.45) is 0 Å². The number of oxazole rings is 1. The fourth-order valence-corrected chi connectivity index (χ4v) is 3.82. The molecule has 0 spiro atoms. The summed E-state index contributed by atoms with van der Waals surface area (Å²) in [5.74, 6) is 0.477. The number of nitrogens with zero attached hydrogens (tertiary/aromatic N) is 1. The molecule has 0 aliphatic heterocycles. The molecule has 0 saturated heterocycles. The molecule has 1 aromatic heterocycles. The van der Waals surface area contributed by atoms with Gasteiger partial charge in [0.2, 0.25) is 11.8 Å². The zero-order chi connectivity index (χ0) is 21.9. The van der Waals surface area contributed by atoms with E-state index < -0.39 is 0 Å². The minimum absolute atomic E-state index is 0.0770. The Morgan fingerprint density at radius 1 is 0.812 bits per heavy atom. The molecule has 32 heavy (non-hydrogen) atoms. The van der Waals surface area contributed by atoms with Crippen LogP contribution in [0.2, 0.25) is 0 Å². The van der Waals surface area contributed by atoms with Gasteiger partial charge in [-0.2, -0.15) is 0 Å². The summed E-state index contributed by atoms with van der Waals surface area (Å²) in [6, 6.07) is 31.6. The molecule has 5 rings (SSSR count). The maximum Gasteiger partial charge on any atom is 0.228 e. The van der Waals surface area contributed by atoms with E-state index >= 15 is 0 Å². The van der Waals surface area contributed by atoms with Gasteiger partial charge in [0.05, 0.1) is 6.42 Å². The van der Waals surface area contributed by atoms with E-state index in [1.165, 1.54) is 5.56 Å². The Morgan fingerprint density at radius 3 is 2.25 bits per heavy atom. The van der Waals surface area contributed by atoms with E-state index in [4.69, 9.17) is 4.42 Å². The number of halogens is 1. The summed E-state index contributed by atoms with van der Waals surface area (Å²) in [6.45, 7) is 0.